The summed E-state index contributed by atoms with van der Waals surface area (Å²) in [4.78, 5) is 21.6. The van der Waals surface area contributed by atoms with E-state index >= 15 is 0 Å². The van der Waals surface area contributed by atoms with Gasteiger partial charge in [-0.2, -0.15) is 0 Å². The number of aliphatic hydroxyl groups is 1. The normalized spacial score (nSPS) is 18.9. The van der Waals surface area contributed by atoms with E-state index < -0.39 is 0 Å². The van der Waals surface area contributed by atoms with Gasteiger partial charge in [0.15, 0.2) is 0 Å². The summed E-state index contributed by atoms with van der Waals surface area (Å²) in [6, 6.07) is 8.10. The van der Waals surface area contributed by atoms with Gasteiger partial charge in [-0.3, -0.25) is 9.69 Å². The number of likely N-dealkylation sites (N-methyl/N-ethyl adjacent to an activating group) is 1. The Hall–Kier alpha value is -2.95. The van der Waals surface area contributed by atoms with E-state index in [9.17, 15) is 14.3 Å². The topological polar surface area (TPSA) is 65.9 Å². The Labute approximate surface area is 201 Å². The van der Waals surface area contributed by atoms with Gasteiger partial charge in [0.1, 0.15) is 17.5 Å². The fourth-order valence-corrected chi connectivity index (χ4v) is 3.97. The summed E-state index contributed by atoms with van der Waals surface area (Å²) in [5, 5.41) is 9.79. The zero-order chi connectivity index (χ0) is 24.7. The van der Waals surface area contributed by atoms with Crippen molar-refractivity contribution in [2.75, 3.05) is 26.7 Å². The van der Waals surface area contributed by atoms with Gasteiger partial charge in [-0.05, 0) is 32.5 Å². The van der Waals surface area contributed by atoms with Crippen molar-refractivity contribution in [1.82, 2.24) is 14.8 Å². The third-order valence-corrected chi connectivity index (χ3v) is 6.02. The molecule has 3 atom stereocenters. The fourth-order valence-electron chi connectivity index (χ4n) is 3.97. The number of fused-ring (bicyclic) bond motifs is 1. The van der Waals surface area contributed by atoms with Gasteiger partial charge >= 0.3 is 0 Å². The minimum absolute atomic E-state index is 0.0417. The van der Waals surface area contributed by atoms with Crippen LogP contribution in [0.15, 0.2) is 36.5 Å². The monoisotopic (exact) mass is 467 g/mol. The van der Waals surface area contributed by atoms with Crippen LogP contribution in [-0.4, -0.2) is 64.7 Å². The smallest absolute Gasteiger partial charge is 0.259 e. The average Bonchev–Trinajstić information content (AvgIpc) is 2.82. The molecule has 0 aliphatic carbocycles. The highest BCUT2D eigenvalue weighted by atomic mass is 19.1. The molecule has 3 rings (SSSR count). The van der Waals surface area contributed by atoms with E-state index in [0.29, 0.717) is 36.3 Å². The van der Waals surface area contributed by atoms with Gasteiger partial charge in [0, 0.05) is 49.3 Å². The van der Waals surface area contributed by atoms with Gasteiger partial charge in [0.25, 0.3) is 5.91 Å². The van der Waals surface area contributed by atoms with Crippen molar-refractivity contribution < 1.29 is 19.0 Å². The Morgan fingerprint density at radius 3 is 2.85 bits per heavy atom. The van der Waals surface area contributed by atoms with Crippen LogP contribution in [0.5, 0.6) is 5.88 Å². The Bertz CT molecular complexity index is 1050. The highest BCUT2D eigenvalue weighted by molar-refractivity contribution is 5.97. The Balaban J connectivity index is 1.90. The Morgan fingerprint density at radius 1 is 1.38 bits per heavy atom. The lowest BCUT2D eigenvalue weighted by Crippen LogP contribution is -2.49. The number of ether oxygens (including phenoxy) is 1. The molecule has 0 fully saturated rings. The van der Waals surface area contributed by atoms with E-state index in [1.54, 1.807) is 29.3 Å². The number of carbonyl (C=O) groups excluding carboxylic acids is 1. The fraction of sp³-hybridized carbons (Fsp3) is 0.481. The van der Waals surface area contributed by atoms with E-state index in [0.717, 1.165) is 12.8 Å². The molecule has 0 spiro atoms. The van der Waals surface area contributed by atoms with E-state index in [4.69, 9.17) is 4.74 Å². The first-order valence-electron chi connectivity index (χ1n) is 11.8. The maximum Gasteiger partial charge on any atom is 0.259 e. The largest absolute Gasteiger partial charge is 0.472 e. The molecule has 1 aromatic heterocycles. The molecule has 1 aromatic carbocycles. The molecule has 0 unspecified atom stereocenters. The SMILES string of the molecule is CCCC#Cc1cnc2c(c1)C(=O)N([C@H](C)CO)C[C@H](C)[C@@H](CN(C)Cc1ccccc1F)O2. The second-order valence-electron chi connectivity index (χ2n) is 9.04. The molecular weight excluding hydrogens is 433 g/mol. The number of unbranched alkanes of at least 4 members (excludes halogenated alkanes) is 1. The van der Waals surface area contributed by atoms with Gasteiger partial charge in [0.05, 0.1) is 12.6 Å². The van der Waals surface area contributed by atoms with Gasteiger partial charge < -0.3 is 14.7 Å². The number of hydrogen-bond acceptors (Lipinski definition) is 5. The number of benzene rings is 1. The Morgan fingerprint density at radius 2 is 2.15 bits per heavy atom. The predicted octanol–water partition coefficient (Wildman–Crippen LogP) is 3.72. The summed E-state index contributed by atoms with van der Waals surface area (Å²) in [7, 11) is 1.92. The molecule has 7 heteroatoms. The van der Waals surface area contributed by atoms with Gasteiger partial charge in [-0.1, -0.05) is 43.9 Å². The minimum atomic E-state index is -0.354. The van der Waals surface area contributed by atoms with Crippen LogP contribution in [0.1, 0.15) is 55.1 Å². The minimum Gasteiger partial charge on any atom is -0.472 e. The van der Waals surface area contributed by atoms with Crippen molar-refractivity contribution in [3.63, 3.8) is 0 Å². The number of nitrogens with zero attached hydrogens (tertiary/aromatic N) is 3. The van der Waals surface area contributed by atoms with Crippen LogP contribution in [-0.2, 0) is 6.54 Å². The van der Waals surface area contributed by atoms with Crippen LogP contribution in [0.3, 0.4) is 0 Å². The van der Waals surface area contributed by atoms with Crippen molar-refractivity contribution in [3.8, 4) is 17.7 Å². The molecular formula is C27H34FN3O3. The number of halogens is 1. The molecule has 1 amide bonds. The van der Waals surface area contributed by atoms with E-state index in [1.165, 1.54) is 6.07 Å². The summed E-state index contributed by atoms with van der Waals surface area (Å²) >= 11 is 0. The molecule has 182 valence electrons. The maximum absolute atomic E-state index is 14.1. The van der Waals surface area contributed by atoms with Gasteiger partial charge in [-0.25, -0.2) is 9.37 Å². The molecule has 0 saturated heterocycles. The van der Waals surface area contributed by atoms with Crippen molar-refractivity contribution in [2.45, 2.75) is 52.3 Å². The molecule has 6 nitrogen and oxygen atoms in total. The quantitative estimate of drug-likeness (QED) is 0.629. The first-order chi connectivity index (χ1) is 16.3. The lowest BCUT2D eigenvalue weighted by Gasteiger charge is -2.37. The average molecular weight is 468 g/mol. The number of aliphatic hydroxyl groups excluding tert-OH is 1. The standard InChI is InChI=1S/C27H34FN3O3/c1-5-6-7-10-21-13-23-26(29-14-21)34-25(19(2)15-31(27(23)33)20(3)18-32)17-30(4)16-22-11-8-9-12-24(22)28/h8-9,11-14,19-20,25,32H,5-6,15-18H2,1-4H3/t19-,20+,25+/m0/s1. The summed E-state index contributed by atoms with van der Waals surface area (Å²) in [6.45, 7) is 7.13. The summed E-state index contributed by atoms with van der Waals surface area (Å²) in [5.41, 5.74) is 1.61. The Kier molecular flexibility index (Phi) is 9.03. The van der Waals surface area contributed by atoms with E-state index in [1.807, 2.05) is 31.9 Å². The van der Waals surface area contributed by atoms with Crippen LogP contribution >= 0.6 is 0 Å². The van der Waals surface area contributed by atoms with E-state index in [2.05, 4.69) is 23.7 Å². The highest BCUT2D eigenvalue weighted by Gasteiger charge is 2.34. The zero-order valence-electron chi connectivity index (χ0n) is 20.4. The van der Waals surface area contributed by atoms with Crippen LogP contribution < -0.4 is 4.74 Å². The number of rotatable bonds is 7. The summed E-state index contributed by atoms with van der Waals surface area (Å²) in [6.07, 6.45) is 3.06. The highest BCUT2D eigenvalue weighted by Crippen LogP contribution is 2.27. The van der Waals surface area contributed by atoms with Crippen molar-refractivity contribution in [2.24, 2.45) is 5.92 Å². The second kappa shape index (κ2) is 12.0. The molecule has 34 heavy (non-hydrogen) atoms. The molecule has 1 N–H and O–H groups in total. The van der Waals surface area contributed by atoms with E-state index in [-0.39, 0.29) is 42.3 Å². The molecule has 0 saturated carbocycles. The molecule has 0 radical (unpaired) electrons. The first kappa shape index (κ1) is 25.7. The molecule has 0 bridgehead atoms. The van der Waals surface area contributed by atoms with Crippen LogP contribution in [0, 0.1) is 23.6 Å². The second-order valence-corrected chi connectivity index (χ2v) is 9.04. The van der Waals surface area contributed by atoms with Crippen LogP contribution in [0.4, 0.5) is 4.39 Å². The molecule has 2 aromatic rings. The number of aromatic nitrogens is 1. The van der Waals surface area contributed by atoms with Crippen molar-refractivity contribution in [3.05, 3.63) is 59.0 Å². The zero-order valence-corrected chi connectivity index (χ0v) is 20.4. The maximum atomic E-state index is 14.1. The number of hydrogen-bond donors (Lipinski definition) is 1. The lowest BCUT2D eigenvalue weighted by molar-refractivity contribution is 0.0324. The molecule has 1 aliphatic rings. The third kappa shape index (κ3) is 6.34. The van der Waals surface area contributed by atoms with Crippen LogP contribution in [0.25, 0.3) is 0 Å². The van der Waals surface area contributed by atoms with Gasteiger partial charge in [-0.15, -0.1) is 0 Å². The first-order valence-corrected chi connectivity index (χ1v) is 11.8. The van der Waals surface area contributed by atoms with Gasteiger partial charge in [0.2, 0.25) is 5.88 Å². The van der Waals surface area contributed by atoms with Crippen LogP contribution in [0.2, 0.25) is 0 Å². The summed E-state index contributed by atoms with van der Waals surface area (Å²) in [5.74, 6) is 5.90. The number of amides is 1. The third-order valence-electron chi connectivity index (χ3n) is 6.02. The molecule has 1 aliphatic heterocycles. The van der Waals surface area contributed by atoms with Crippen molar-refractivity contribution in [1.29, 1.82) is 0 Å². The number of pyridine rings is 1. The lowest BCUT2D eigenvalue weighted by atomic mass is 9.99. The summed E-state index contributed by atoms with van der Waals surface area (Å²) < 4.78 is 20.4. The number of carbonyl (C=O) groups is 1. The predicted molar refractivity (Wildman–Crippen MR) is 130 cm³/mol. The molecule has 2 heterocycles. The van der Waals surface area contributed by atoms with Crippen molar-refractivity contribution >= 4 is 5.91 Å².